The molecule has 0 aliphatic rings. The Morgan fingerprint density at radius 2 is 1.53 bits per heavy atom. The fourth-order valence-electron chi connectivity index (χ4n) is 3.19. The minimum absolute atomic E-state index is 0.0274. The third kappa shape index (κ3) is 7.39. The number of nitrogens with one attached hydrogen (secondary N) is 2. The zero-order valence-electron chi connectivity index (χ0n) is 19.2. The van der Waals surface area contributed by atoms with E-state index in [1.807, 2.05) is 20.8 Å². The van der Waals surface area contributed by atoms with Crippen LogP contribution in [-0.4, -0.2) is 67.4 Å². The second-order valence-corrected chi connectivity index (χ2v) is 7.24. The molecule has 172 valence electrons. The molecule has 0 heterocycles. The average Bonchev–Trinajstić information content (AvgIpc) is 2.76. The van der Waals surface area contributed by atoms with Gasteiger partial charge < -0.3 is 20.3 Å². The number of hydrogen-bond acceptors (Lipinski definition) is 5. The molecule has 0 spiro atoms. The standard InChI is InChI=1S/C24H32N4O4/c1-5-28(6-2)23(30)17-27(4)16-22(29)26-21-11-9-8-10-20(21)24(31)25-18-12-14-19(15-13-18)32-7-3/h8-15H,5-7,16-17H2,1-4H3,(H,25,31)(H,26,29). The SMILES string of the molecule is CCOc1ccc(NC(=O)c2ccccc2NC(=O)CN(C)CC(=O)N(CC)CC)cc1. The molecule has 8 nitrogen and oxygen atoms in total. The molecule has 2 rings (SSSR count). The number of carbonyl (C=O) groups excluding carboxylic acids is 3. The summed E-state index contributed by atoms with van der Waals surface area (Å²) >= 11 is 0. The number of anilines is 2. The van der Waals surface area contributed by atoms with Gasteiger partial charge in [-0.25, -0.2) is 0 Å². The van der Waals surface area contributed by atoms with E-state index in [2.05, 4.69) is 10.6 Å². The molecule has 32 heavy (non-hydrogen) atoms. The second-order valence-electron chi connectivity index (χ2n) is 7.24. The number of hydrogen-bond donors (Lipinski definition) is 2. The molecule has 0 bridgehead atoms. The van der Waals surface area contributed by atoms with Gasteiger partial charge in [0.1, 0.15) is 5.75 Å². The minimum Gasteiger partial charge on any atom is -0.494 e. The van der Waals surface area contributed by atoms with Crippen molar-refractivity contribution in [3.63, 3.8) is 0 Å². The highest BCUT2D eigenvalue weighted by Crippen LogP contribution is 2.19. The van der Waals surface area contributed by atoms with Gasteiger partial charge in [0.25, 0.3) is 5.91 Å². The molecular formula is C24H32N4O4. The van der Waals surface area contributed by atoms with E-state index in [4.69, 9.17) is 4.74 Å². The van der Waals surface area contributed by atoms with Crippen LogP contribution in [0, 0.1) is 0 Å². The number of para-hydroxylation sites is 1. The molecule has 0 saturated carbocycles. The van der Waals surface area contributed by atoms with Gasteiger partial charge >= 0.3 is 0 Å². The van der Waals surface area contributed by atoms with Crippen LogP contribution in [0.4, 0.5) is 11.4 Å². The van der Waals surface area contributed by atoms with Gasteiger partial charge in [0.05, 0.1) is 30.9 Å². The maximum atomic E-state index is 12.8. The first kappa shape index (κ1) is 24.9. The van der Waals surface area contributed by atoms with Crippen molar-refractivity contribution in [2.24, 2.45) is 0 Å². The van der Waals surface area contributed by atoms with E-state index in [0.717, 1.165) is 5.75 Å². The Balaban J connectivity index is 1.99. The normalized spacial score (nSPS) is 10.5. The predicted octanol–water partition coefficient (Wildman–Crippen LogP) is 3.08. The first-order valence-electron chi connectivity index (χ1n) is 10.8. The lowest BCUT2D eigenvalue weighted by Crippen LogP contribution is -2.41. The lowest BCUT2D eigenvalue weighted by Gasteiger charge is -2.22. The van der Waals surface area contributed by atoms with Crippen LogP contribution in [0.2, 0.25) is 0 Å². The first-order chi connectivity index (χ1) is 15.4. The Morgan fingerprint density at radius 1 is 0.875 bits per heavy atom. The maximum absolute atomic E-state index is 12.8. The number of carbonyl (C=O) groups is 3. The summed E-state index contributed by atoms with van der Waals surface area (Å²) in [4.78, 5) is 40.9. The average molecular weight is 441 g/mol. The molecule has 0 atom stereocenters. The molecule has 0 fully saturated rings. The Bertz CT molecular complexity index is 910. The summed E-state index contributed by atoms with van der Waals surface area (Å²) in [5.74, 6) is 0.0541. The van der Waals surface area contributed by atoms with Crippen molar-refractivity contribution in [1.29, 1.82) is 0 Å². The van der Waals surface area contributed by atoms with Crippen LogP contribution in [-0.2, 0) is 9.59 Å². The van der Waals surface area contributed by atoms with Gasteiger partial charge in [0, 0.05) is 18.8 Å². The van der Waals surface area contributed by atoms with Crippen LogP contribution in [0.1, 0.15) is 31.1 Å². The van der Waals surface area contributed by atoms with Crippen LogP contribution in [0.25, 0.3) is 0 Å². The highest BCUT2D eigenvalue weighted by atomic mass is 16.5. The lowest BCUT2D eigenvalue weighted by molar-refractivity contribution is -0.132. The summed E-state index contributed by atoms with van der Waals surface area (Å²) in [5, 5.41) is 5.61. The molecule has 0 radical (unpaired) electrons. The molecule has 8 heteroatoms. The topological polar surface area (TPSA) is 91.0 Å². The van der Waals surface area contributed by atoms with Crippen molar-refractivity contribution in [2.45, 2.75) is 20.8 Å². The van der Waals surface area contributed by atoms with E-state index in [9.17, 15) is 14.4 Å². The molecule has 0 saturated heterocycles. The second kappa shape index (κ2) is 12.5. The van der Waals surface area contributed by atoms with Crippen molar-refractivity contribution in [3.05, 3.63) is 54.1 Å². The number of likely N-dealkylation sites (N-methyl/N-ethyl adjacent to an activating group) is 2. The Hall–Kier alpha value is -3.39. The Labute approximate surface area is 189 Å². The van der Waals surface area contributed by atoms with E-state index in [0.29, 0.717) is 36.6 Å². The Kier molecular flexibility index (Phi) is 9.69. The zero-order valence-corrected chi connectivity index (χ0v) is 19.2. The van der Waals surface area contributed by atoms with E-state index >= 15 is 0 Å². The summed E-state index contributed by atoms with van der Waals surface area (Å²) in [5.41, 5.74) is 1.37. The summed E-state index contributed by atoms with van der Waals surface area (Å²) < 4.78 is 5.41. The monoisotopic (exact) mass is 440 g/mol. The van der Waals surface area contributed by atoms with Crippen molar-refractivity contribution < 1.29 is 19.1 Å². The lowest BCUT2D eigenvalue weighted by atomic mass is 10.1. The van der Waals surface area contributed by atoms with Crippen molar-refractivity contribution in [3.8, 4) is 5.75 Å². The highest BCUT2D eigenvalue weighted by Gasteiger charge is 2.17. The predicted molar refractivity (Wildman–Crippen MR) is 126 cm³/mol. The molecule has 2 aromatic carbocycles. The third-order valence-corrected chi connectivity index (χ3v) is 4.80. The van der Waals surface area contributed by atoms with Crippen LogP contribution in [0.5, 0.6) is 5.75 Å². The number of amides is 3. The van der Waals surface area contributed by atoms with E-state index < -0.39 is 0 Å². The van der Waals surface area contributed by atoms with Crippen LogP contribution in [0.3, 0.4) is 0 Å². The zero-order chi connectivity index (χ0) is 23.5. The van der Waals surface area contributed by atoms with Crippen LogP contribution < -0.4 is 15.4 Å². The largest absolute Gasteiger partial charge is 0.494 e. The van der Waals surface area contributed by atoms with Crippen molar-refractivity contribution >= 4 is 29.1 Å². The molecule has 0 aliphatic heterocycles. The fraction of sp³-hybridized carbons (Fsp3) is 0.375. The smallest absolute Gasteiger partial charge is 0.257 e. The maximum Gasteiger partial charge on any atom is 0.257 e. The van der Waals surface area contributed by atoms with Gasteiger partial charge in [0.15, 0.2) is 0 Å². The molecule has 0 aliphatic carbocycles. The van der Waals surface area contributed by atoms with Gasteiger partial charge in [-0.2, -0.15) is 0 Å². The minimum atomic E-state index is -0.338. The van der Waals surface area contributed by atoms with Gasteiger partial charge in [0.2, 0.25) is 11.8 Å². The number of rotatable bonds is 11. The third-order valence-electron chi connectivity index (χ3n) is 4.80. The first-order valence-corrected chi connectivity index (χ1v) is 10.8. The van der Waals surface area contributed by atoms with Crippen LogP contribution in [0.15, 0.2) is 48.5 Å². The van der Waals surface area contributed by atoms with E-state index in [-0.39, 0.29) is 30.8 Å². The number of ether oxygens (including phenoxy) is 1. The molecular weight excluding hydrogens is 408 g/mol. The van der Waals surface area contributed by atoms with Gasteiger partial charge in [-0.3, -0.25) is 19.3 Å². The Morgan fingerprint density at radius 3 is 2.16 bits per heavy atom. The fourth-order valence-corrected chi connectivity index (χ4v) is 3.19. The van der Waals surface area contributed by atoms with Crippen molar-refractivity contribution in [2.75, 3.05) is 50.5 Å². The summed E-state index contributed by atoms with van der Waals surface area (Å²) in [6.45, 7) is 7.75. The van der Waals surface area contributed by atoms with E-state index in [1.165, 1.54) is 0 Å². The summed E-state index contributed by atoms with van der Waals surface area (Å²) in [6.07, 6.45) is 0. The highest BCUT2D eigenvalue weighted by molar-refractivity contribution is 6.10. The number of nitrogens with zero attached hydrogens (tertiary/aromatic N) is 2. The van der Waals surface area contributed by atoms with Crippen LogP contribution >= 0.6 is 0 Å². The molecule has 2 N–H and O–H groups in total. The van der Waals surface area contributed by atoms with Gasteiger partial charge in [-0.15, -0.1) is 0 Å². The number of benzene rings is 2. The summed E-state index contributed by atoms with van der Waals surface area (Å²) in [6, 6.07) is 13.9. The van der Waals surface area contributed by atoms with Crippen molar-refractivity contribution in [1.82, 2.24) is 9.80 Å². The molecule has 0 aromatic heterocycles. The van der Waals surface area contributed by atoms with Gasteiger partial charge in [-0.05, 0) is 64.2 Å². The summed E-state index contributed by atoms with van der Waals surface area (Å²) in [7, 11) is 1.71. The molecule has 0 unspecified atom stereocenters. The van der Waals surface area contributed by atoms with Gasteiger partial charge in [-0.1, -0.05) is 12.1 Å². The quantitative estimate of drug-likeness (QED) is 0.560. The van der Waals surface area contributed by atoms with E-state index in [1.54, 1.807) is 65.4 Å². The molecule has 3 amide bonds. The molecule has 2 aromatic rings.